The first kappa shape index (κ1) is 29.3. The van der Waals surface area contributed by atoms with Crippen LogP contribution in [0.25, 0.3) is 0 Å². The third kappa shape index (κ3) is 3.97. The van der Waals surface area contributed by atoms with Crippen LogP contribution in [0, 0.1) is 39.4 Å². The summed E-state index contributed by atoms with van der Waals surface area (Å²) in [6.07, 6.45) is 4.60. The van der Waals surface area contributed by atoms with Gasteiger partial charge in [0.15, 0.2) is 6.10 Å². The molecule has 0 bridgehead atoms. The zero-order valence-electron chi connectivity index (χ0n) is 26.0. The molecule has 5 aliphatic rings. The number of methoxy groups -OCH3 is 1. The van der Waals surface area contributed by atoms with E-state index in [1.54, 1.807) is 7.11 Å². The van der Waals surface area contributed by atoms with Crippen molar-refractivity contribution >= 4 is 11.8 Å². The van der Waals surface area contributed by atoms with E-state index < -0.39 is 17.8 Å². The Morgan fingerprint density at radius 2 is 1.82 bits per heavy atom. The highest BCUT2D eigenvalue weighted by atomic mass is 16.6. The Hall–Kier alpha value is -1.24. The van der Waals surface area contributed by atoms with Gasteiger partial charge in [0, 0.05) is 25.9 Å². The molecule has 0 spiro atoms. The van der Waals surface area contributed by atoms with Gasteiger partial charge in [-0.3, -0.25) is 9.59 Å². The van der Waals surface area contributed by atoms with E-state index in [9.17, 15) is 14.7 Å². The van der Waals surface area contributed by atoms with E-state index in [0.29, 0.717) is 24.5 Å². The molecular weight excluding hydrogens is 492 g/mol. The summed E-state index contributed by atoms with van der Waals surface area (Å²) in [5.41, 5.74) is 1.50. The number of fused-ring (bicyclic) bond motifs is 6. The Labute approximate surface area is 235 Å². The summed E-state index contributed by atoms with van der Waals surface area (Å²) < 4.78 is 18.5. The zero-order chi connectivity index (χ0) is 28.9. The number of ketones is 1. The maximum atomic E-state index is 13.0. The predicted octanol–water partition coefficient (Wildman–Crippen LogP) is 6.04. The van der Waals surface area contributed by atoms with Crippen molar-refractivity contribution in [3.63, 3.8) is 0 Å². The van der Waals surface area contributed by atoms with Gasteiger partial charge in [0.25, 0.3) is 0 Å². The number of carbonyl (C=O) groups is 2. The number of rotatable bonds is 4. The molecule has 6 nitrogen and oxygen atoms in total. The predicted molar refractivity (Wildman–Crippen MR) is 150 cm³/mol. The minimum absolute atomic E-state index is 0.0536. The molecule has 0 amide bonds. The van der Waals surface area contributed by atoms with Crippen molar-refractivity contribution in [3.8, 4) is 0 Å². The first-order valence-electron chi connectivity index (χ1n) is 15.3. The van der Waals surface area contributed by atoms with Crippen molar-refractivity contribution in [2.75, 3.05) is 7.11 Å². The fourth-order valence-corrected chi connectivity index (χ4v) is 10.8. The number of hydrogen-bond acceptors (Lipinski definition) is 6. The molecule has 0 radical (unpaired) electrons. The Balaban J connectivity index is 1.51. The molecule has 0 aromatic carbocycles. The molecule has 6 heteroatoms. The van der Waals surface area contributed by atoms with Crippen LogP contribution in [-0.4, -0.2) is 54.0 Å². The van der Waals surface area contributed by atoms with E-state index in [1.807, 2.05) is 13.8 Å². The number of ether oxygens (including phenoxy) is 3. The molecule has 0 aromatic heterocycles. The topological polar surface area (TPSA) is 82.1 Å². The molecule has 0 aromatic rings. The van der Waals surface area contributed by atoms with Gasteiger partial charge in [-0.1, -0.05) is 47.1 Å². The summed E-state index contributed by atoms with van der Waals surface area (Å²) in [6.45, 7) is 19.2. The second kappa shape index (κ2) is 9.13. The molecule has 4 aliphatic carbocycles. The van der Waals surface area contributed by atoms with Crippen LogP contribution in [0.2, 0.25) is 0 Å². The Bertz CT molecular complexity index is 1070. The van der Waals surface area contributed by atoms with Crippen molar-refractivity contribution < 1.29 is 28.9 Å². The van der Waals surface area contributed by atoms with Crippen molar-refractivity contribution in [1.29, 1.82) is 0 Å². The molecule has 5 rings (SSSR count). The average Bonchev–Trinajstić information content (AvgIpc) is 3.13. The molecular formula is C33H52O6. The minimum atomic E-state index is -0.679. The van der Waals surface area contributed by atoms with Crippen molar-refractivity contribution in [2.24, 2.45) is 39.4 Å². The smallest absolute Gasteiger partial charge is 0.303 e. The van der Waals surface area contributed by atoms with Gasteiger partial charge in [-0.25, -0.2) is 0 Å². The van der Waals surface area contributed by atoms with Gasteiger partial charge in [0.05, 0.1) is 18.3 Å². The second-order valence-electron chi connectivity index (χ2n) is 15.5. The van der Waals surface area contributed by atoms with Crippen LogP contribution >= 0.6 is 0 Å². The van der Waals surface area contributed by atoms with Crippen LogP contribution in [0.4, 0.5) is 0 Å². The third-order valence-corrected chi connectivity index (χ3v) is 12.9. The monoisotopic (exact) mass is 544 g/mol. The van der Waals surface area contributed by atoms with E-state index >= 15 is 0 Å². The number of Topliss-reactive ketones (excluding diaryl/α,β-unsaturated/α-hetero) is 1. The van der Waals surface area contributed by atoms with Gasteiger partial charge in [0.1, 0.15) is 11.4 Å². The van der Waals surface area contributed by atoms with Crippen LogP contribution in [0.15, 0.2) is 11.1 Å². The van der Waals surface area contributed by atoms with Crippen LogP contribution in [0.5, 0.6) is 0 Å². The molecule has 3 saturated carbocycles. The summed E-state index contributed by atoms with van der Waals surface area (Å²) in [5.74, 6) is 0.754. The van der Waals surface area contributed by atoms with Crippen molar-refractivity contribution in [1.82, 2.24) is 0 Å². The molecule has 1 N–H and O–H groups in total. The van der Waals surface area contributed by atoms with Crippen LogP contribution < -0.4 is 0 Å². The third-order valence-electron chi connectivity index (χ3n) is 12.9. The Kier molecular flexibility index (Phi) is 6.85. The Morgan fingerprint density at radius 1 is 1.15 bits per heavy atom. The number of carbonyl (C=O) groups excluding carboxylic acids is 2. The van der Waals surface area contributed by atoms with Gasteiger partial charge in [0.2, 0.25) is 0 Å². The summed E-state index contributed by atoms with van der Waals surface area (Å²) in [5, 5.41) is 12.0. The lowest BCUT2D eigenvalue weighted by molar-refractivity contribution is -0.214. The van der Waals surface area contributed by atoms with Crippen LogP contribution in [-0.2, 0) is 23.8 Å². The summed E-state index contributed by atoms with van der Waals surface area (Å²) in [6, 6.07) is 0. The lowest BCUT2D eigenvalue weighted by Crippen LogP contribution is -2.65. The summed E-state index contributed by atoms with van der Waals surface area (Å²) >= 11 is 0. The molecule has 220 valence electrons. The molecule has 0 unspecified atom stereocenters. The molecule has 39 heavy (non-hydrogen) atoms. The summed E-state index contributed by atoms with van der Waals surface area (Å²) in [7, 11) is 1.65. The number of aliphatic hydroxyl groups excluding tert-OH is 1. The quantitative estimate of drug-likeness (QED) is 0.343. The maximum absolute atomic E-state index is 13.0. The summed E-state index contributed by atoms with van der Waals surface area (Å²) in [4.78, 5) is 25.1. The lowest BCUT2D eigenvalue weighted by Gasteiger charge is -2.68. The molecule has 4 fully saturated rings. The van der Waals surface area contributed by atoms with E-state index in [2.05, 4.69) is 41.5 Å². The molecule has 1 heterocycles. The molecule has 1 saturated heterocycles. The van der Waals surface area contributed by atoms with Gasteiger partial charge in [-0.2, -0.15) is 0 Å². The van der Waals surface area contributed by atoms with Gasteiger partial charge in [-0.15, -0.1) is 0 Å². The highest BCUT2D eigenvalue weighted by Gasteiger charge is 2.70. The highest BCUT2D eigenvalue weighted by molar-refractivity contribution is 5.85. The fourth-order valence-electron chi connectivity index (χ4n) is 10.8. The zero-order valence-corrected chi connectivity index (χ0v) is 26.0. The first-order chi connectivity index (χ1) is 17.9. The number of hydrogen-bond donors (Lipinski definition) is 1. The van der Waals surface area contributed by atoms with E-state index in [1.165, 1.54) is 18.1 Å². The second-order valence-corrected chi connectivity index (χ2v) is 15.5. The van der Waals surface area contributed by atoms with Gasteiger partial charge >= 0.3 is 5.97 Å². The first-order valence-corrected chi connectivity index (χ1v) is 15.3. The van der Waals surface area contributed by atoms with E-state index in [-0.39, 0.29) is 51.7 Å². The fraction of sp³-hybridized carbons (Fsp3) is 0.879. The molecule has 1 aliphatic heterocycles. The van der Waals surface area contributed by atoms with Gasteiger partial charge in [-0.05, 0) is 91.9 Å². The number of esters is 1. The minimum Gasteiger partial charge on any atom is -0.457 e. The van der Waals surface area contributed by atoms with Crippen LogP contribution in [0.3, 0.4) is 0 Å². The SMILES string of the molecule is COC(C)(C)[C@H](OC(C)=O)[C@@H]1C[C@@H](C)C2=C3C[C@H](O)[C@H]4[C@@]5(C)CCC(=O)C(C)(C)[C@@H]5CC[C@]4(C)[C@@]3(C)C[C@@H]2O1. The number of aliphatic hydroxyl groups is 1. The maximum Gasteiger partial charge on any atom is 0.303 e. The normalized spacial score (nSPS) is 46.1. The average molecular weight is 545 g/mol. The highest BCUT2D eigenvalue weighted by Crippen LogP contribution is 2.74. The van der Waals surface area contributed by atoms with Crippen molar-refractivity contribution in [3.05, 3.63) is 11.1 Å². The standard InChI is InChI=1S/C33H52O6/c1-18-15-22(28(38-19(2)34)30(5,6)37-10)39-23-17-33(9)20(26(18)23)16-21(35)27-31(7)13-12-25(36)29(3,4)24(31)11-14-32(27,33)8/h18,21-24,27-28,35H,11-17H2,1-10H3/t18-,21+,22+,23+,24+,27+,28-,31+,32+,33+/m1/s1. The Morgan fingerprint density at radius 3 is 2.44 bits per heavy atom. The molecule has 10 atom stereocenters. The van der Waals surface area contributed by atoms with Crippen molar-refractivity contribution in [2.45, 2.75) is 137 Å². The largest absolute Gasteiger partial charge is 0.457 e. The van der Waals surface area contributed by atoms with E-state index in [4.69, 9.17) is 14.2 Å². The van der Waals surface area contributed by atoms with E-state index in [0.717, 1.165) is 32.1 Å². The lowest BCUT2D eigenvalue weighted by atomic mass is 9.36. The van der Waals surface area contributed by atoms with Crippen LogP contribution in [0.1, 0.15) is 107 Å². The van der Waals surface area contributed by atoms with Gasteiger partial charge < -0.3 is 19.3 Å².